The first-order valence-corrected chi connectivity index (χ1v) is 8.69. The molecule has 0 aromatic carbocycles. The zero-order valence-electron chi connectivity index (χ0n) is 15.0. The maximum absolute atomic E-state index is 6.36. The zero-order chi connectivity index (χ0) is 15.6. The molecule has 0 aliphatic heterocycles. The van der Waals surface area contributed by atoms with Crippen LogP contribution in [0.2, 0.25) is 0 Å². The molecule has 20 heavy (non-hydrogen) atoms. The molecule has 0 heterocycles. The van der Waals surface area contributed by atoms with Gasteiger partial charge in [-0.2, -0.15) is 0 Å². The van der Waals surface area contributed by atoms with E-state index >= 15 is 0 Å². The number of hydrogen-bond donors (Lipinski definition) is 1. The molecule has 1 saturated carbocycles. The lowest BCUT2D eigenvalue weighted by molar-refractivity contribution is 0.00563. The van der Waals surface area contributed by atoms with E-state index in [9.17, 15) is 0 Å². The molecule has 0 saturated heterocycles. The minimum atomic E-state index is 0.213. The van der Waals surface area contributed by atoms with Crippen LogP contribution in [0.1, 0.15) is 74.1 Å². The van der Waals surface area contributed by atoms with Crippen LogP contribution in [0.4, 0.5) is 0 Å². The lowest BCUT2D eigenvalue weighted by Crippen LogP contribution is -2.60. The van der Waals surface area contributed by atoms with Crippen molar-refractivity contribution in [2.75, 3.05) is 13.1 Å². The molecule has 0 aromatic rings. The summed E-state index contributed by atoms with van der Waals surface area (Å²) in [6, 6.07) is 0.678. The number of nitrogens with two attached hydrogens (primary N) is 1. The summed E-state index contributed by atoms with van der Waals surface area (Å²) in [5.74, 6) is 1.40. The van der Waals surface area contributed by atoms with Crippen molar-refractivity contribution >= 4 is 0 Å². The minimum Gasteiger partial charge on any atom is -0.329 e. The van der Waals surface area contributed by atoms with Crippen LogP contribution in [0.25, 0.3) is 0 Å². The lowest BCUT2D eigenvalue weighted by atomic mass is 9.82. The van der Waals surface area contributed by atoms with Crippen molar-refractivity contribution in [1.82, 2.24) is 4.90 Å². The fraction of sp³-hybridized carbons (Fsp3) is 1.00. The van der Waals surface area contributed by atoms with Crippen LogP contribution in [-0.4, -0.2) is 29.6 Å². The molecule has 1 aliphatic carbocycles. The Labute approximate surface area is 127 Å². The molecule has 0 amide bonds. The smallest absolute Gasteiger partial charge is 0.0365 e. The third-order valence-electron chi connectivity index (χ3n) is 5.43. The Kier molecular flexibility index (Phi) is 6.10. The Morgan fingerprint density at radius 2 is 1.75 bits per heavy atom. The van der Waals surface area contributed by atoms with Gasteiger partial charge in [-0.3, -0.25) is 4.90 Å². The third-order valence-corrected chi connectivity index (χ3v) is 5.43. The van der Waals surface area contributed by atoms with Crippen molar-refractivity contribution in [2.24, 2.45) is 23.0 Å². The average Bonchev–Trinajstić information content (AvgIpc) is 2.59. The monoisotopic (exact) mass is 282 g/mol. The van der Waals surface area contributed by atoms with Gasteiger partial charge >= 0.3 is 0 Å². The molecule has 1 rings (SSSR count). The molecule has 1 aliphatic rings. The second-order valence-electron chi connectivity index (χ2n) is 8.27. The molecule has 0 spiro atoms. The van der Waals surface area contributed by atoms with Crippen LogP contribution in [0.5, 0.6) is 0 Å². The summed E-state index contributed by atoms with van der Waals surface area (Å²) in [7, 11) is 0. The molecular formula is C18H38N2. The van der Waals surface area contributed by atoms with E-state index < -0.39 is 0 Å². The zero-order valence-corrected chi connectivity index (χ0v) is 15.0. The van der Waals surface area contributed by atoms with Crippen LogP contribution in [0.15, 0.2) is 0 Å². The van der Waals surface area contributed by atoms with Crippen LogP contribution < -0.4 is 5.73 Å². The maximum atomic E-state index is 6.36. The van der Waals surface area contributed by atoms with Crippen LogP contribution in [-0.2, 0) is 0 Å². The second-order valence-corrected chi connectivity index (χ2v) is 8.27. The molecule has 0 aromatic heterocycles. The summed E-state index contributed by atoms with van der Waals surface area (Å²) >= 11 is 0. The van der Waals surface area contributed by atoms with Gasteiger partial charge in [0.2, 0.25) is 0 Å². The largest absolute Gasteiger partial charge is 0.329 e. The van der Waals surface area contributed by atoms with E-state index in [0.29, 0.717) is 23.3 Å². The highest BCUT2D eigenvalue weighted by Crippen LogP contribution is 2.51. The molecule has 2 heteroatoms. The number of nitrogens with zero attached hydrogens (tertiary/aromatic N) is 1. The average molecular weight is 283 g/mol. The van der Waals surface area contributed by atoms with E-state index in [-0.39, 0.29) is 5.54 Å². The lowest BCUT2D eigenvalue weighted by Gasteiger charge is -2.49. The van der Waals surface area contributed by atoms with Gasteiger partial charge < -0.3 is 5.73 Å². The fourth-order valence-corrected chi connectivity index (χ4v) is 4.69. The van der Waals surface area contributed by atoms with Gasteiger partial charge in [-0.1, -0.05) is 48.5 Å². The van der Waals surface area contributed by atoms with E-state index in [1.165, 1.54) is 32.2 Å². The van der Waals surface area contributed by atoms with Crippen molar-refractivity contribution in [3.63, 3.8) is 0 Å². The van der Waals surface area contributed by atoms with E-state index in [1.807, 2.05) is 0 Å². The second kappa shape index (κ2) is 6.79. The Balaban J connectivity index is 3.13. The predicted molar refractivity (Wildman–Crippen MR) is 89.9 cm³/mol. The molecule has 0 bridgehead atoms. The van der Waals surface area contributed by atoms with Crippen molar-refractivity contribution in [2.45, 2.75) is 85.7 Å². The Morgan fingerprint density at radius 1 is 1.20 bits per heavy atom. The normalized spacial score (nSPS) is 29.9. The highest BCUT2D eigenvalue weighted by molar-refractivity contribution is 5.07. The molecule has 120 valence electrons. The van der Waals surface area contributed by atoms with Crippen LogP contribution in [0, 0.1) is 17.3 Å². The quantitative estimate of drug-likeness (QED) is 0.755. The SMILES string of the molecule is CCC(CC)N(CC(C)C)C1(CN)CC(C)(C)CC1C. The fourth-order valence-electron chi connectivity index (χ4n) is 4.69. The summed E-state index contributed by atoms with van der Waals surface area (Å²) < 4.78 is 0. The Bertz CT molecular complexity index is 294. The van der Waals surface area contributed by atoms with Gasteiger partial charge in [-0.25, -0.2) is 0 Å². The molecule has 2 unspecified atom stereocenters. The van der Waals surface area contributed by atoms with Gasteiger partial charge in [-0.15, -0.1) is 0 Å². The van der Waals surface area contributed by atoms with Crippen molar-refractivity contribution in [3.05, 3.63) is 0 Å². The third kappa shape index (κ3) is 3.57. The van der Waals surface area contributed by atoms with Gasteiger partial charge in [0.1, 0.15) is 0 Å². The maximum Gasteiger partial charge on any atom is 0.0365 e. The van der Waals surface area contributed by atoms with E-state index in [4.69, 9.17) is 5.73 Å². The first kappa shape index (κ1) is 18.0. The van der Waals surface area contributed by atoms with Gasteiger partial charge in [0.25, 0.3) is 0 Å². The van der Waals surface area contributed by atoms with Crippen LogP contribution in [0.3, 0.4) is 0 Å². The Morgan fingerprint density at radius 3 is 2.05 bits per heavy atom. The first-order valence-electron chi connectivity index (χ1n) is 8.69. The number of hydrogen-bond acceptors (Lipinski definition) is 2. The first-order chi connectivity index (χ1) is 9.22. The summed E-state index contributed by atoms with van der Waals surface area (Å²) in [5, 5.41) is 0. The summed E-state index contributed by atoms with van der Waals surface area (Å²) in [5.41, 5.74) is 7.01. The predicted octanol–water partition coefficient (Wildman–Crippen LogP) is 4.29. The van der Waals surface area contributed by atoms with Gasteiger partial charge in [0.15, 0.2) is 0 Å². The topological polar surface area (TPSA) is 29.3 Å². The standard InChI is InChI=1S/C18H38N2/c1-8-16(9-2)20(11-14(3)4)18(13-19)12-17(6,7)10-15(18)5/h14-16H,8-13,19H2,1-7H3. The molecule has 2 atom stereocenters. The van der Waals surface area contributed by atoms with Crippen molar-refractivity contribution in [3.8, 4) is 0 Å². The Hall–Kier alpha value is -0.0800. The van der Waals surface area contributed by atoms with E-state index in [1.54, 1.807) is 0 Å². The van der Waals surface area contributed by atoms with Gasteiger partial charge in [0.05, 0.1) is 0 Å². The summed E-state index contributed by atoms with van der Waals surface area (Å²) in [6.07, 6.45) is 5.02. The van der Waals surface area contributed by atoms with E-state index in [2.05, 4.69) is 53.4 Å². The highest BCUT2D eigenvalue weighted by atomic mass is 15.2. The van der Waals surface area contributed by atoms with Crippen molar-refractivity contribution in [1.29, 1.82) is 0 Å². The highest BCUT2D eigenvalue weighted by Gasteiger charge is 2.52. The van der Waals surface area contributed by atoms with Gasteiger partial charge in [-0.05, 0) is 42.9 Å². The summed E-state index contributed by atoms with van der Waals surface area (Å²) in [6.45, 7) is 18.6. The van der Waals surface area contributed by atoms with Gasteiger partial charge in [0, 0.05) is 24.7 Å². The number of rotatable bonds is 7. The molecular weight excluding hydrogens is 244 g/mol. The molecule has 2 N–H and O–H groups in total. The summed E-state index contributed by atoms with van der Waals surface area (Å²) in [4.78, 5) is 2.80. The minimum absolute atomic E-state index is 0.213. The molecule has 1 fully saturated rings. The van der Waals surface area contributed by atoms with Crippen molar-refractivity contribution < 1.29 is 0 Å². The molecule has 2 nitrogen and oxygen atoms in total. The van der Waals surface area contributed by atoms with Crippen LogP contribution >= 0.6 is 0 Å². The molecule has 0 radical (unpaired) electrons. The van der Waals surface area contributed by atoms with E-state index in [0.717, 1.165) is 6.54 Å².